The van der Waals surface area contributed by atoms with Gasteiger partial charge in [-0.15, -0.1) is 0 Å². The summed E-state index contributed by atoms with van der Waals surface area (Å²) in [5.74, 6) is 0. The molecule has 1 heterocycles. The molecule has 1 aromatic heterocycles. The molecular formula is C20H22N2O. The molecule has 0 radical (unpaired) electrons. The summed E-state index contributed by atoms with van der Waals surface area (Å²) in [6.07, 6.45) is 1.85. The van der Waals surface area contributed by atoms with Crippen LogP contribution in [0.15, 0.2) is 53.3 Å². The summed E-state index contributed by atoms with van der Waals surface area (Å²) in [6.45, 7) is 6.25. The number of aromatic amines is 1. The van der Waals surface area contributed by atoms with Gasteiger partial charge < -0.3 is 0 Å². The SMILES string of the molecule is CCCc1c(-c2ccc(C)cc2)c(=O)[nH]n1-c1ccc(C)cc1. The van der Waals surface area contributed by atoms with Gasteiger partial charge in [0.15, 0.2) is 0 Å². The van der Waals surface area contributed by atoms with Gasteiger partial charge in [-0.3, -0.25) is 14.6 Å². The van der Waals surface area contributed by atoms with Gasteiger partial charge in [0.05, 0.1) is 16.9 Å². The van der Waals surface area contributed by atoms with E-state index in [1.54, 1.807) is 0 Å². The fourth-order valence-corrected chi connectivity index (χ4v) is 2.87. The lowest BCUT2D eigenvalue weighted by atomic mass is 10.0. The smallest absolute Gasteiger partial charge is 0.267 e. The Morgan fingerprint density at radius 3 is 2.04 bits per heavy atom. The van der Waals surface area contributed by atoms with E-state index < -0.39 is 0 Å². The Kier molecular flexibility index (Phi) is 4.20. The lowest BCUT2D eigenvalue weighted by Gasteiger charge is -2.10. The first kappa shape index (κ1) is 15.3. The van der Waals surface area contributed by atoms with Crippen LogP contribution < -0.4 is 5.56 Å². The van der Waals surface area contributed by atoms with Crippen molar-refractivity contribution in [3.63, 3.8) is 0 Å². The van der Waals surface area contributed by atoms with Crippen molar-refractivity contribution >= 4 is 0 Å². The van der Waals surface area contributed by atoms with Gasteiger partial charge in [0.2, 0.25) is 0 Å². The molecule has 3 rings (SSSR count). The summed E-state index contributed by atoms with van der Waals surface area (Å²) in [5.41, 5.74) is 6.18. The van der Waals surface area contributed by atoms with E-state index in [4.69, 9.17) is 0 Å². The predicted octanol–water partition coefficient (Wildman–Crippen LogP) is 4.40. The van der Waals surface area contributed by atoms with E-state index in [1.807, 2.05) is 41.1 Å². The third-order valence-electron chi connectivity index (χ3n) is 4.12. The average Bonchev–Trinajstić information content (AvgIpc) is 2.86. The molecule has 0 aliphatic rings. The van der Waals surface area contributed by atoms with Crippen molar-refractivity contribution in [3.05, 3.63) is 75.7 Å². The highest BCUT2D eigenvalue weighted by Crippen LogP contribution is 2.24. The molecule has 0 unspecified atom stereocenters. The molecule has 0 amide bonds. The quantitative estimate of drug-likeness (QED) is 0.762. The predicted molar refractivity (Wildman–Crippen MR) is 95.3 cm³/mol. The van der Waals surface area contributed by atoms with E-state index in [0.717, 1.165) is 35.3 Å². The molecule has 0 fully saturated rings. The van der Waals surface area contributed by atoms with Gasteiger partial charge in [0, 0.05) is 0 Å². The highest BCUT2D eigenvalue weighted by molar-refractivity contribution is 5.66. The van der Waals surface area contributed by atoms with Crippen LogP contribution in [0.25, 0.3) is 16.8 Å². The summed E-state index contributed by atoms with van der Waals surface area (Å²) < 4.78 is 1.93. The molecule has 0 atom stereocenters. The van der Waals surface area contributed by atoms with Gasteiger partial charge in [-0.05, 0) is 38.0 Å². The van der Waals surface area contributed by atoms with Crippen molar-refractivity contribution in [1.82, 2.24) is 9.78 Å². The van der Waals surface area contributed by atoms with Crippen LogP contribution in [0.4, 0.5) is 0 Å². The first-order valence-corrected chi connectivity index (χ1v) is 8.08. The number of aryl methyl sites for hydroxylation is 2. The molecule has 0 bridgehead atoms. The van der Waals surface area contributed by atoms with Crippen LogP contribution >= 0.6 is 0 Å². The molecule has 118 valence electrons. The van der Waals surface area contributed by atoms with E-state index in [9.17, 15) is 4.79 Å². The molecule has 2 aromatic carbocycles. The number of nitrogens with one attached hydrogen (secondary N) is 1. The van der Waals surface area contributed by atoms with Gasteiger partial charge in [-0.1, -0.05) is 60.9 Å². The maximum Gasteiger partial charge on any atom is 0.272 e. The summed E-state index contributed by atoms with van der Waals surface area (Å²) >= 11 is 0. The van der Waals surface area contributed by atoms with Crippen LogP contribution in [-0.2, 0) is 6.42 Å². The summed E-state index contributed by atoms with van der Waals surface area (Å²) in [7, 11) is 0. The number of rotatable bonds is 4. The minimum Gasteiger partial charge on any atom is -0.267 e. The van der Waals surface area contributed by atoms with Crippen molar-refractivity contribution in [2.45, 2.75) is 33.6 Å². The van der Waals surface area contributed by atoms with E-state index in [2.05, 4.69) is 38.0 Å². The number of hydrogen-bond donors (Lipinski definition) is 1. The van der Waals surface area contributed by atoms with Crippen molar-refractivity contribution < 1.29 is 0 Å². The standard InChI is InChI=1S/C20H22N2O/c1-4-5-18-19(16-10-6-14(2)7-11-16)20(23)21-22(18)17-12-8-15(3)9-13-17/h6-13H,4-5H2,1-3H3,(H,21,23). The molecule has 0 saturated carbocycles. The summed E-state index contributed by atoms with van der Waals surface area (Å²) in [5, 5.41) is 3.01. The van der Waals surface area contributed by atoms with Crippen molar-refractivity contribution in [2.24, 2.45) is 0 Å². The van der Waals surface area contributed by atoms with Crippen molar-refractivity contribution in [3.8, 4) is 16.8 Å². The first-order chi connectivity index (χ1) is 11.1. The molecule has 3 nitrogen and oxygen atoms in total. The van der Waals surface area contributed by atoms with E-state index in [1.165, 1.54) is 11.1 Å². The second kappa shape index (κ2) is 6.29. The third kappa shape index (κ3) is 3.00. The highest BCUT2D eigenvalue weighted by Gasteiger charge is 2.16. The molecular weight excluding hydrogens is 284 g/mol. The number of hydrogen-bond acceptors (Lipinski definition) is 1. The first-order valence-electron chi connectivity index (χ1n) is 8.08. The minimum absolute atomic E-state index is 0.0297. The second-order valence-electron chi connectivity index (χ2n) is 6.05. The van der Waals surface area contributed by atoms with Crippen LogP contribution in [0.1, 0.15) is 30.2 Å². The molecule has 0 saturated heterocycles. The summed E-state index contributed by atoms with van der Waals surface area (Å²) in [4.78, 5) is 12.6. The molecule has 0 spiro atoms. The molecule has 1 N–H and O–H groups in total. The lowest BCUT2D eigenvalue weighted by Crippen LogP contribution is -2.05. The molecule has 0 aliphatic carbocycles. The van der Waals surface area contributed by atoms with E-state index in [0.29, 0.717) is 0 Å². The fraction of sp³-hybridized carbons (Fsp3) is 0.250. The maximum absolute atomic E-state index is 12.6. The zero-order valence-corrected chi connectivity index (χ0v) is 13.9. The van der Waals surface area contributed by atoms with Crippen LogP contribution in [-0.4, -0.2) is 9.78 Å². The zero-order chi connectivity index (χ0) is 16.4. The third-order valence-corrected chi connectivity index (χ3v) is 4.12. The summed E-state index contributed by atoms with van der Waals surface area (Å²) in [6, 6.07) is 16.4. The highest BCUT2D eigenvalue weighted by atomic mass is 16.1. The van der Waals surface area contributed by atoms with Crippen molar-refractivity contribution in [1.29, 1.82) is 0 Å². The Hall–Kier alpha value is -2.55. The minimum atomic E-state index is -0.0297. The van der Waals surface area contributed by atoms with E-state index in [-0.39, 0.29) is 5.56 Å². The van der Waals surface area contributed by atoms with Crippen LogP contribution in [0.5, 0.6) is 0 Å². The fourth-order valence-electron chi connectivity index (χ4n) is 2.87. The number of H-pyrrole nitrogens is 1. The Morgan fingerprint density at radius 1 is 0.913 bits per heavy atom. The van der Waals surface area contributed by atoms with Gasteiger partial charge in [-0.25, -0.2) is 0 Å². The van der Waals surface area contributed by atoms with Gasteiger partial charge in [-0.2, -0.15) is 0 Å². The number of benzene rings is 2. The van der Waals surface area contributed by atoms with E-state index >= 15 is 0 Å². The number of nitrogens with zero attached hydrogens (tertiary/aromatic N) is 1. The molecule has 23 heavy (non-hydrogen) atoms. The van der Waals surface area contributed by atoms with Crippen molar-refractivity contribution in [2.75, 3.05) is 0 Å². The average molecular weight is 306 g/mol. The molecule has 3 heteroatoms. The monoisotopic (exact) mass is 306 g/mol. The number of aromatic nitrogens is 2. The Morgan fingerprint density at radius 2 is 1.48 bits per heavy atom. The largest absolute Gasteiger partial charge is 0.272 e. The van der Waals surface area contributed by atoms with Gasteiger partial charge >= 0.3 is 0 Å². The van der Waals surface area contributed by atoms with Crippen LogP contribution in [0, 0.1) is 13.8 Å². The zero-order valence-electron chi connectivity index (χ0n) is 13.9. The Balaban J connectivity index is 2.19. The van der Waals surface area contributed by atoms with Gasteiger partial charge in [0.25, 0.3) is 5.56 Å². The Labute approximate surface area is 136 Å². The normalized spacial score (nSPS) is 10.9. The maximum atomic E-state index is 12.6. The molecule has 3 aromatic rings. The lowest BCUT2D eigenvalue weighted by molar-refractivity contribution is 0.770. The Bertz CT molecular complexity index is 852. The van der Waals surface area contributed by atoms with Crippen LogP contribution in [0.3, 0.4) is 0 Å². The topological polar surface area (TPSA) is 37.8 Å². The van der Waals surface area contributed by atoms with Crippen LogP contribution in [0.2, 0.25) is 0 Å². The second-order valence-corrected chi connectivity index (χ2v) is 6.05. The molecule has 0 aliphatic heterocycles. The van der Waals surface area contributed by atoms with Gasteiger partial charge in [0.1, 0.15) is 0 Å².